The van der Waals surface area contributed by atoms with Gasteiger partial charge in [0, 0.05) is 48.5 Å². The summed E-state index contributed by atoms with van der Waals surface area (Å²) >= 11 is 0. The molecule has 2 aliphatic rings. The number of nitrogens with zero attached hydrogens (tertiary/aromatic N) is 2. The van der Waals surface area contributed by atoms with Gasteiger partial charge in [-0.2, -0.15) is 0 Å². The number of rotatable bonds is 2. The molecule has 3 heterocycles. The number of H-pyrrole nitrogens is 1. The number of benzene rings is 1. The molecule has 19 heavy (non-hydrogen) atoms. The average molecular weight is 255 g/mol. The molecule has 1 atom stereocenters. The fourth-order valence-corrected chi connectivity index (χ4v) is 3.82. The van der Waals surface area contributed by atoms with Gasteiger partial charge in [-0.15, -0.1) is 0 Å². The highest BCUT2D eigenvalue weighted by Crippen LogP contribution is 2.37. The molecule has 2 aromatic rings. The molecule has 1 unspecified atom stereocenters. The predicted octanol–water partition coefficient (Wildman–Crippen LogP) is 2.62. The van der Waals surface area contributed by atoms with E-state index in [1.807, 2.05) is 0 Å². The molecule has 0 aliphatic carbocycles. The van der Waals surface area contributed by atoms with Gasteiger partial charge in [0.1, 0.15) is 0 Å². The number of aromatic nitrogens is 1. The standard InChI is InChI=1S/C16H21N3/c1-2-6-18-7-8-19-13(11-18)9-12-10-17-14-4-3-5-15(19)16(12)14/h3-5,10,13,17H,2,6-9,11H2,1H3. The van der Waals surface area contributed by atoms with Crippen molar-refractivity contribution in [2.75, 3.05) is 31.1 Å². The lowest BCUT2D eigenvalue weighted by Crippen LogP contribution is -2.55. The SMILES string of the molecule is CCCN1CCN2c3cccc4[nH]cc(c34)CC2C1. The van der Waals surface area contributed by atoms with Crippen LogP contribution in [-0.4, -0.2) is 42.1 Å². The van der Waals surface area contributed by atoms with Crippen LogP contribution in [0.25, 0.3) is 10.9 Å². The normalized spacial score (nSPS) is 22.8. The van der Waals surface area contributed by atoms with E-state index in [9.17, 15) is 0 Å². The van der Waals surface area contributed by atoms with Crippen molar-refractivity contribution in [2.24, 2.45) is 0 Å². The van der Waals surface area contributed by atoms with Crippen molar-refractivity contribution in [3.05, 3.63) is 30.0 Å². The summed E-state index contributed by atoms with van der Waals surface area (Å²) in [6.45, 7) is 7.12. The fraction of sp³-hybridized carbons (Fsp3) is 0.500. The van der Waals surface area contributed by atoms with E-state index in [0.717, 1.165) is 0 Å². The van der Waals surface area contributed by atoms with Gasteiger partial charge >= 0.3 is 0 Å². The Labute approximate surface area is 114 Å². The highest BCUT2D eigenvalue weighted by Gasteiger charge is 2.32. The first-order valence-corrected chi connectivity index (χ1v) is 7.45. The average Bonchev–Trinajstić information content (AvgIpc) is 2.84. The predicted molar refractivity (Wildman–Crippen MR) is 79.9 cm³/mol. The Balaban J connectivity index is 1.72. The smallest absolute Gasteiger partial charge is 0.0477 e. The van der Waals surface area contributed by atoms with Gasteiger partial charge in [0.2, 0.25) is 0 Å². The molecule has 1 fully saturated rings. The molecule has 3 nitrogen and oxygen atoms in total. The van der Waals surface area contributed by atoms with Gasteiger partial charge in [-0.1, -0.05) is 13.0 Å². The number of piperazine rings is 1. The Hall–Kier alpha value is -1.48. The Morgan fingerprint density at radius 3 is 3.16 bits per heavy atom. The number of nitrogens with one attached hydrogen (secondary N) is 1. The van der Waals surface area contributed by atoms with Crippen LogP contribution in [0.5, 0.6) is 0 Å². The van der Waals surface area contributed by atoms with Gasteiger partial charge in [-0.25, -0.2) is 0 Å². The van der Waals surface area contributed by atoms with Gasteiger partial charge in [0.15, 0.2) is 0 Å². The maximum atomic E-state index is 3.43. The molecule has 0 radical (unpaired) electrons. The minimum absolute atomic E-state index is 0.661. The van der Waals surface area contributed by atoms with Crippen molar-refractivity contribution in [1.82, 2.24) is 9.88 Å². The van der Waals surface area contributed by atoms with Crippen LogP contribution in [0.15, 0.2) is 24.4 Å². The second-order valence-corrected chi connectivity index (χ2v) is 5.87. The fourth-order valence-electron chi connectivity index (χ4n) is 3.82. The highest BCUT2D eigenvalue weighted by atomic mass is 15.3. The summed E-state index contributed by atoms with van der Waals surface area (Å²) in [5.74, 6) is 0. The van der Waals surface area contributed by atoms with Crippen molar-refractivity contribution in [1.29, 1.82) is 0 Å². The first-order valence-electron chi connectivity index (χ1n) is 7.45. The van der Waals surface area contributed by atoms with Crippen molar-refractivity contribution < 1.29 is 0 Å². The van der Waals surface area contributed by atoms with Crippen LogP contribution in [0.3, 0.4) is 0 Å². The quantitative estimate of drug-likeness (QED) is 0.891. The Kier molecular flexibility index (Phi) is 2.55. The zero-order valence-corrected chi connectivity index (χ0v) is 11.5. The first kappa shape index (κ1) is 11.4. The van der Waals surface area contributed by atoms with Crippen molar-refractivity contribution in [3.63, 3.8) is 0 Å². The summed E-state index contributed by atoms with van der Waals surface area (Å²) in [6.07, 6.45) is 4.67. The topological polar surface area (TPSA) is 22.3 Å². The largest absolute Gasteiger partial charge is 0.365 e. The Bertz CT molecular complexity index is 601. The van der Waals surface area contributed by atoms with Crippen LogP contribution in [0, 0.1) is 0 Å². The molecule has 1 saturated heterocycles. The first-order chi connectivity index (χ1) is 9.36. The molecule has 1 aromatic carbocycles. The summed E-state index contributed by atoms with van der Waals surface area (Å²) in [7, 11) is 0. The Morgan fingerprint density at radius 1 is 1.32 bits per heavy atom. The lowest BCUT2D eigenvalue weighted by molar-refractivity contribution is 0.221. The second-order valence-electron chi connectivity index (χ2n) is 5.87. The van der Waals surface area contributed by atoms with Crippen LogP contribution < -0.4 is 4.90 Å². The van der Waals surface area contributed by atoms with Crippen LogP contribution in [0.4, 0.5) is 5.69 Å². The van der Waals surface area contributed by atoms with Crippen molar-refractivity contribution in [2.45, 2.75) is 25.8 Å². The van der Waals surface area contributed by atoms with E-state index in [4.69, 9.17) is 0 Å². The third kappa shape index (κ3) is 1.68. The number of anilines is 1. The monoisotopic (exact) mass is 255 g/mol. The summed E-state index contributed by atoms with van der Waals surface area (Å²) in [6, 6.07) is 7.32. The van der Waals surface area contributed by atoms with Crippen molar-refractivity contribution >= 4 is 16.6 Å². The number of hydrogen-bond acceptors (Lipinski definition) is 2. The molecule has 1 aromatic heterocycles. The van der Waals surface area contributed by atoms with Gasteiger partial charge < -0.3 is 9.88 Å². The minimum Gasteiger partial charge on any atom is -0.365 e. The van der Waals surface area contributed by atoms with Crippen LogP contribution in [0.2, 0.25) is 0 Å². The van der Waals surface area contributed by atoms with E-state index in [0.29, 0.717) is 6.04 Å². The van der Waals surface area contributed by atoms with Crippen LogP contribution in [-0.2, 0) is 6.42 Å². The van der Waals surface area contributed by atoms with E-state index in [1.165, 1.54) is 61.2 Å². The van der Waals surface area contributed by atoms with E-state index >= 15 is 0 Å². The molecular weight excluding hydrogens is 234 g/mol. The van der Waals surface area contributed by atoms with Gasteiger partial charge in [-0.05, 0) is 37.1 Å². The van der Waals surface area contributed by atoms with Gasteiger partial charge in [0.05, 0.1) is 0 Å². The molecule has 1 N–H and O–H groups in total. The Morgan fingerprint density at radius 2 is 2.26 bits per heavy atom. The lowest BCUT2D eigenvalue weighted by atomic mass is 9.94. The van der Waals surface area contributed by atoms with E-state index in [1.54, 1.807) is 0 Å². The third-order valence-corrected chi connectivity index (χ3v) is 4.64. The second kappa shape index (κ2) is 4.27. The molecule has 3 heteroatoms. The van der Waals surface area contributed by atoms with E-state index in [2.05, 4.69) is 46.1 Å². The van der Waals surface area contributed by atoms with E-state index < -0.39 is 0 Å². The zero-order valence-electron chi connectivity index (χ0n) is 11.5. The molecule has 0 amide bonds. The van der Waals surface area contributed by atoms with Gasteiger partial charge in [0.25, 0.3) is 0 Å². The zero-order chi connectivity index (χ0) is 12.8. The molecule has 4 rings (SSSR count). The minimum atomic E-state index is 0.661. The number of hydrogen-bond donors (Lipinski definition) is 1. The number of fused-ring (bicyclic) bond motifs is 2. The maximum Gasteiger partial charge on any atom is 0.0477 e. The highest BCUT2D eigenvalue weighted by molar-refractivity contribution is 5.96. The molecule has 0 saturated carbocycles. The lowest BCUT2D eigenvalue weighted by Gasteiger charge is -2.45. The van der Waals surface area contributed by atoms with E-state index in [-0.39, 0.29) is 0 Å². The molecular formula is C16H21N3. The maximum absolute atomic E-state index is 3.43. The molecule has 2 aliphatic heterocycles. The van der Waals surface area contributed by atoms with Crippen molar-refractivity contribution in [3.8, 4) is 0 Å². The summed E-state index contributed by atoms with van der Waals surface area (Å²) in [5, 5.41) is 1.46. The van der Waals surface area contributed by atoms with Gasteiger partial charge in [-0.3, -0.25) is 4.90 Å². The molecule has 100 valence electrons. The molecule has 0 bridgehead atoms. The van der Waals surface area contributed by atoms with Crippen LogP contribution >= 0.6 is 0 Å². The summed E-state index contributed by atoms with van der Waals surface area (Å²) in [4.78, 5) is 8.68. The summed E-state index contributed by atoms with van der Waals surface area (Å²) in [5.41, 5.74) is 4.24. The van der Waals surface area contributed by atoms with Crippen LogP contribution in [0.1, 0.15) is 18.9 Å². The summed E-state index contributed by atoms with van der Waals surface area (Å²) < 4.78 is 0. The molecule has 0 spiro atoms. The third-order valence-electron chi connectivity index (χ3n) is 4.64. The number of aromatic amines is 1.